The molecular formula is C26H22F2N2O4. The molecule has 4 rings (SSSR count). The fraction of sp³-hybridized carbons (Fsp3) is 0.192. The predicted octanol–water partition coefficient (Wildman–Crippen LogP) is 4.85. The highest BCUT2D eigenvalue weighted by Gasteiger charge is 2.32. The standard InChI is InChI=1S/C26H22F2N2O4/c1-2-3-10-34-26(33)17-4-5-18-14-30(25(32)20(18)11-17)23-13-16(6-8-19(23)24(29)31)15-7-9-21(27)22(28)12-15/h4-9,11-13H,2-3,10,14H2,1H3,(H2,29,31). The second kappa shape index (κ2) is 9.43. The van der Waals surface area contributed by atoms with E-state index in [-0.39, 0.29) is 23.4 Å². The van der Waals surface area contributed by atoms with E-state index < -0.39 is 29.4 Å². The zero-order valence-electron chi connectivity index (χ0n) is 18.4. The molecule has 2 N–H and O–H groups in total. The number of ether oxygens (including phenoxy) is 1. The van der Waals surface area contributed by atoms with Crippen molar-refractivity contribution in [3.63, 3.8) is 0 Å². The molecule has 0 unspecified atom stereocenters. The van der Waals surface area contributed by atoms with E-state index in [1.54, 1.807) is 18.2 Å². The van der Waals surface area contributed by atoms with Crippen LogP contribution in [0.25, 0.3) is 11.1 Å². The van der Waals surface area contributed by atoms with Crippen LogP contribution >= 0.6 is 0 Å². The van der Waals surface area contributed by atoms with Gasteiger partial charge in [-0.25, -0.2) is 13.6 Å². The summed E-state index contributed by atoms with van der Waals surface area (Å²) in [6.07, 6.45) is 1.63. The number of hydrogen-bond donors (Lipinski definition) is 1. The Labute approximate surface area is 194 Å². The molecule has 0 fully saturated rings. The molecule has 8 heteroatoms. The first kappa shape index (κ1) is 23.1. The molecule has 34 heavy (non-hydrogen) atoms. The number of nitrogens with zero attached hydrogens (tertiary/aromatic N) is 1. The third-order valence-corrected chi connectivity index (χ3v) is 5.69. The summed E-state index contributed by atoms with van der Waals surface area (Å²) in [5, 5.41) is 0. The third kappa shape index (κ3) is 4.39. The second-order valence-corrected chi connectivity index (χ2v) is 7.98. The number of carbonyl (C=O) groups is 3. The van der Waals surface area contributed by atoms with E-state index in [0.29, 0.717) is 28.9 Å². The summed E-state index contributed by atoms with van der Waals surface area (Å²) in [7, 11) is 0. The maximum Gasteiger partial charge on any atom is 0.338 e. The van der Waals surface area contributed by atoms with Crippen molar-refractivity contribution in [1.82, 2.24) is 0 Å². The summed E-state index contributed by atoms with van der Waals surface area (Å²) in [6, 6.07) is 12.7. The summed E-state index contributed by atoms with van der Waals surface area (Å²) >= 11 is 0. The van der Waals surface area contributed by atoms with E-state index >= 15 is 0 Å². The number of esters is 1. The van der Waals surface area contributed by atoms with Crippen molar-refractivity contribution in [3.05, 3.63) is 88.5 Å². The van der Waals surface area contributed by atoms with Gasteiger partial charge in [0.05, 0.1) is 30.0 Å². The van der Waals surface area contributed by atoms with Crippen molar-refractivity contribution in [1.29, 1.82) is 0 Å². The fourth-order valence-electron chi connectivity index (χ4n) is 3.83. The van der Waals surface area contributed by atoms with Gasteiger partial charge in [-0.15, -0.1) is 0 Å². The van der Waals surface area contributed by atoms with Crippen LogP contribution in [0.2, 0.25) is 0 Å². The lowest BCUT2D eigenvalue weighted by Crippen LogP contribution is -2.26. The molecule has 6 nitrogen and oxygen atoms in total. The van der Waals surface area contributed by atoms with Gasteiger partial charge < -0.3 is 15.4 Å². The van der Waals surface area contributed by atoms with Gasteiger partial charge in [-0.1, -0.05) is 31.5 Å². The average Bonchev–Trinajstić information content (AvgIpc) is 3.16. The number of halogens is 2. The molecule has 0 saturated carbocycles. The summed E-state index contributed by atoms with van der Waals surface area (Å²) in [6.45, 7) is 2.43. The van der Waals surface area contributed by atoms with Crippen LogP contribution in [0, 0.1) is 11.6 Å². The summed E-state index contributed by atoms with van der Waals surface area (Å²) in [5.74, 6) is -3.66. The maximum atomic E-state index is 13.8. The summed E-state index contributed by atoms with van der Waals surface area (Å²) in [4.78, 5) is 39.0. The van der Waals surface area contributed by atoms with Gasteiger partial charge in [-0.2, -0.15) is 0 Å². The minimum absolute atomic E-state index is 0.103. The average molecular weight is 464 g/mol. The molecule has 0 atom stereocenters. The van der Waals surface area contributed by atoms with Crippen LogP contribution in [0.5, 0.6) is 0 Å². The quantitative estimate of drug-likeness (QED) is 0.400. The number of fused-ring (bicyclic) bond motifs is 1. The van der Waals surface area contributed by atoms with Crippen LogP contribution < -0.4 is 10.6 Å². The Kier molecular flexibility index (Phi) is 6.40. The third-order valence-electron chi connectivity index (χ3n) is 5.69. The zero-order chi connectivity index (χ0) is 24.4. The summed E-state index contributed by atoms with van der Waals surface area (Å²) in [5.41, 5.74) is 7.98. The number of unbranched alkanes of at least 4 members (excludes halogenated alkanes) is 1. The molecule has 1 aliphatic heterocycles. The van der Waals surface area contributed by atoms with Gasteiger partial charge in [-0.05, 0) is 59.5 Å². The van der Waals surface area contributed by atoms with Crippen molar-refractivity contribution in [3.8, 4) is 11.1 Å². The molecule has 0 aliphatic carbocycles. The molecular weight excluding hydrogens is 442 g/mol. The molecule has 0 radical (unpaired) electrons. The van der Waals surface area contributed by atoms with Crippen LogP contribution in [0.3, 0.4) is 0 Å². The van der Waals surface area contributed by atoms with Gasteiger partial charge in [0.2, 0.25) is 0 Å². The van der Waals surface area contributed by atoms with Gasteiger partial charge in [0, 0.05) is 5.56 Å². The highest BCUT2D eigenvalue weighted by Crippen LogP contribution is 2.34. The molecule has 1 aliphatic rings. The first-order valence-electron chi connectivity index (χ1n) is 10.8. The minimum atomic E-state index is -1.01. The topological polar surface area (TPSA) is 89.7 Å². The smallest absolute Gasteiger partial charge is 0.338 e. The lowest BCUT2D eigenvalue weighted by atomic mass is 10.0. The highest BCUT2D eigenvalue weighted by atomic mass is 19.2. The van der Waals surface area contributed by atoms with Crippen molar-refractivity contribution in [2.45, 2.75) is 26.3 Å². The number of rotatable bonds is 7. The van der Waals surface area contributed by atoms with Crippen LogP contribution in [-0.2, 0) is 11.3 Å². The number of benzene rings is 3. The molecule has 0 bridgehead atoms. The Morgan fingerprint density at radius 2 is 1.74 bits per heavy atom. The van der Waals surface area contributed by atoms with Gasteiger partial charge >= 0.3 is 5.97 Å². The van der Waals surface area contributed by atoms with E-state index in [1.807, 2.05) is 6.92 Å². The lowest BCUT2D eigenvalue weighted by Gasteiger charge is -2.20. The van der Waals surface area contributed by atoms with Crippen LogP contribution in [-0.4, -0.2) is 24.4 Å². The van der Waals surface area contributed by atoms with Crippen LogP contribution in [0.1, 0.15) is 56.4 Å². The highest BCUT2D eigenvalue weighted by molar-refractivity contribution is 6.14. The molecule has 0 aromatic heterocycles. The fourth-order valence-corrected chi connectivity index (χ4v) is 3.83. The van der Waals surface area contributed by atoms with Crippen LogP contribution in [0.4, 0.5) is 14.5 Å². The van der Waals surface area contributed by atoms with Gasteiger partial charge in [0.25, 0.3) is 11.8 Å². The lowest BCUT2D eigenvalue weighted by molar-refractivity contribution is 0.0499. The van der Waals surface area contributed by atoms with E-state index in [1.165, 1.54) is 29.2 Å². The van der Waals surface area contributed by atoms with Gasteiger partial charge in [0.1, 0.15) is 0 Å². The number of anilines is 1. The molecule has 174 valence electrons. The molecule has 0 saturated heterocycles. The minimum Gasteiger partial charge on any atom is -0.462 e. The first-order chi connectivity index (χ1) is 16.3. The Balaban J connectivity index is 1.69. The van der Waals surface area contributed by atoms with Gasteiger partial charge in [-0.3, -0.25) is 9.59 Å². The molecule has 2 amide bonds. The van der Waals surface area contributed by atoms with E-state index in [2.05, 4.69) is 0 Å². The molecule has 3 aromatic carbocycles. The maximum absolute atomic E-state index is 13.8. The summed E-state index contributed by atoms with van der Waals surface area (Å²) < 4.78 is 32.4. The Hall–Kier alpha value is -4.07. The monoisotopic (exact) mass is 464 g/mol. The number of carbonyl (C=O) groups excluding carboxylic acids is 3. The molecule has 0 spiro atoms. The number of amides is 2. The zero-order valence-corrected chi connectivity index (χ0v) is 18.4. The van der Waals surface area contributed by atoms with E-state index in [4.69, 9.17) is 10.5 Å². The number of primary amides is 1. The normalized spacial score (nSPS) is 12.6. The molecule has 1 heterocycles. The van der Waals surface area contributed by atoms with Crippen LogP contribution in [0.15, 0.2) is 54.6 Å². The van der Waals surface area contributed by atoms with E-state index in [9.17, 15) is 23.2 Å². The largest absolute Gasteiger partial charge is 0.462 e. The Morgan fingerprint density at radius 1 is 1.00 bits per heavy atom. The number of hydrogen-bond acceptors (Lipinski definition) is 4. The van der Waals surface area contributed by atoms with Gasteiger partial charge in [0.15, 0.2) is 11.6 Å². The number of nitrogens with two attached hydrogens (primary N) is 1. The molecule has 3 aromatic rings. The van der Waals surface area contributed by atoms with E-state index in [0.717, 1.165) is 25.0 Å². The Morgan fingerprint density at radius 3 is 2.44 bits per heavy atom. The van der Waals surface area contributed by atoms with Crippen molar-refractivity contribution in [2.24, 2.45) is 5.73 Å². The van der Waals surface area contributed by atoms with Crippen molar-refractivity contribution in [2.75, 3.05) is 11.5 Å². The Bertz CT molecular complexity index is 1310. The second-order valence-electron chi connectivity index (χ2n) is 7.98. The SMILES string of the molecule is CCCCOC(=O)c1ccc2c(c1)C(=O)N(c1cc(-c3ccc(F)c(F)c3)ccc1C(N)=O)C2. The van der Waals surface area contributed by atoms with Crippen molar-refractivity contribution < 1.29 is 27.9 Å². The predicted molar refractivity (Wildman–Crippen MR) is 122 cm³/mol. The van der Waals surface area contributed by atoms with Crippen molar-refractivity contribution >= 4 is 23.5 Å². The first-order valence-corrected chi connectivity index (χ1v) is 10.8.